The fourth-order valence-corrected chi connectivity index (χ4v) is 3.51. The first kappa shape index (κ1) is 20.2. The summed E-state index contributed by atoms with van der Waals surface area (Å²) in [4.78, 5) is 25.0. The van der Waals surface area contributed by atoms with Crippen LogP contribution in [0, 0.1) is 17.0 Å². The van der Waals surface area contributed by atoms with Gasteiger partial charge in [-0.05, 0) is 13.0 Å². The summed E-state index contributed by atoms with van der Waals surface area (Å²) in [5, 5.41) is 22.7. The van der Waals surface area contributed by atoms with Crippen LogP contribution in [-0.2, 0) is 23.1 Å². The number of carbonyl (C=O) groups excluding carboxylic acids is 1. The van der Waals surface area contributed by atoms with E-state index in [9.17, 15) is 14.9 Å². The van der Waals surface area contributed by atoms with Crippen LogP contribution in [0.15, 0.2) is 23.4 Å². The van der Waals surface area contributed by atoms with Gasteiger partial charge in [-0.1, -0.05) is 17.8 Å². The summed E-state index contributed by atoms with van der Waals surface area (Å²) < 4.78 is 7.22. The number of nitro groups is 1. The molecule has 1 aliphatic rings. The quantitative estimate of drug-likeness (QED) is 0.419. The predicted octanol–water partition coefficient (Wildman–Crippen LogP) is 1.59. The second-order valence-electron chi connectivity index (χ2n) is 6.44. The number of nitrogens with zero attached hydrogens (tertiary/aromatic N) is 5. The number of anilines is 1. The van der Waals surface area contributed by atoms with Crippen molar-refractivity contribution in [2.75, 3.05) is 37.4 Å². The third-order valence-corrected chi connectivity index (χ3v) is 5.44. The van der Waals surface area contributed by atoms with Crippen LogP contribution >= 0.6 is 11.8 Å². The van der Waals surface area contributed by atoms with Crippen molar-refractivity contribution in [1.82, 2.24) is 19.7 Å². The SMILES string of the molecule is Cc1ccc(NC(=O)CSc2nnc(CN3CCOCC3)n2C)cc1[N+](=O)[O-]. The second kappa shape index (κ2) is 9.13. The van der Waals surface area contributed by atoms with Gasteiger partial charge >= 0.3 is 0 Å². The molecule has 0 radical (unpaired) electrons. The van der Waals surface area contributed by atoms with E-state index in [4.69, 9.17) is 4.74 Å². The van der Waals surface area contributed by atoms with E-state index in [1.807, 2.05) is 11.6 Å². The van der Waals surface area contributed by atoms with Gasteiger partial charge in [-0.2, -0.15) is 0 Å². The van der Waals surface area contributed by atoms with Gasteiger partial charge in [0.2, 0.25) is 5.91 Å². The van der Waals surface area contributed by atoms with Crippen LogP contribution in [0.4, 0.5) is 11.4 Å². The smallest absolute Gasteiger partial charge is 0.274 e. The first-order valence-electron chi connectivity index (χ1n) is 8.80. The average molecular weight is 406 g/mol. The summed E-state index contributed by atoms with van der Waals surface area (Å²) in [5.41, 5.74) is 0.921. The molecule has 1 aromatic heterocycles. The fraction of sp³-hybridized carbons (Fsp3) is 0.471. The first-order chi connectivity index (χ1) is 13.4. The number of morpholine rings is 1. The Morgan fingerprint density at radius 2 is 2.11 bits per heavy atom. The fourth-order valence-electron chi connectivity index (χ4n) is 2.78. The molecule has 0 spiro atoms. The van der Waals surface area contributed by atoms with Gasteiger partial charge in [0.1, 0.15) is 5.82 Å². The molecule has 0 atom stereocenters. The molecule has 1 saturated heterocycles. The number of rotatable bonds is 7. The average Bonchev–Trinajstić information content (AvgIpc) is 3.02. The third kappa shape index (κ3) is 5.06. The van der Waals surface area contributed by atoms with E-state index >= 15 is 0 Å². The molecular weight excluding hydrogens is 384 g/mol. The number of carbonyl (C=O) groups is 1. The number of hydrogen-bond donors (Lipinski definition) is 1. The van der Waals surface area contributed by atoms with Crippen LogP contribution in [0.2, 0.25) is 0 Å². The molecule has 1 amide bonds. The van der Waals surface area contributed by atoms with Crippen LogP contribution in [0.5, 0.6) is 0 Å². The Labute approximate surface area is 166 Å². The van der Waals surface area contributed by atoms with Crippen molar-refractivity contribution in [1.29, 1.82) is 0 Å². The number of ether oxygens (including phenoxy) is 1. The van der Waals surface area contributed by atoms with Crippen LogP contribution < -0.4 is 5.32 Å². The van der Waals surface area contributed by atoms with E-state index in [0.29, 0.717) is 23.0 Å². The summed E-state index contributed by atoms with van der Waals surface area (Å²) >= 11 is 1.27. The van der Waals surface area contributed by atoms with Crippen molar-refractivity contribution in [3.63, 3.8) is 0 Å². The zero-order valence-electron chi connectivity index (χ0n) is 15.8. The van der Waals surface area contributed by atoms with Crippen LogP contribution in [0.25, 0.3) is 0 Å². The van der Waals surface area contributed by atoms with E-state index in [-0.39, 0.29) is 17.3 Å². The van der Waals surface area contributed by atoms with Crippen molar-refractivity contribution in [3.8, 4) is 0 Å². The Balaban J connectivity index is 1.55. The highest BCUT2D eigenvalue weighted by Crippen LogP contribution is 2.23. The van der Waals surface area contributed by atoms with E-state index in [1.54, 1.807) is 19.1 Å². The van der Waals surface area contributed by atoms with Crippen LogP contribution in [0.1, 0.15) is 11.4 Å². The van der Waals surface area contributed by atoms with Gasteiger partial charge in [0.05, 0.1) is 30.4 Å². The molecule has 1 N–H and O–H groups in total. The van der Waals surface area contributed by atoms with E-state index in [1.165, 1.54) is 17.8 Å². The Morgan fingerprint density at radius 3 is 2.82 bits per heavy atom. The summed E-state index contributed by atoms with van der Waals surface area (Å²) in [6.07, 6.45) is 0. The van der Waals surface area contributed by atoms with Gasteiger partial charge in [0.25, 0.3) is 5.69 Å². The number of amides is 1. The lowest BCUT2D eigenvalue weighted by Crippen LogP contribution is -2.36. The molecule has 1 aromatic carbocycles. The molecule has 3 rings (SSSR count). The summed E-state index contributed by atoms with van der Waals surface area (Å²) in [6.45, 7) is 5.50. The summed E-state index contributed by atoms with van der Waals surface area (Å²) in [7, 11) is 1.87. The molecule has 0 unspecified atom stereocenters. The zero-order valence-corrected chi connectivity index (χ0v) is 16.6. The lowest BCUT2D eigenvalue weighted by atomic mass is 10.2. The van der Waals surface area contributed by atoms with E-state index in [2.05, 4.69) is 20.4 Å². The molecule has 2 aromatic rings. The van der Waals surface area contributed by atoms with Gasteiger partial charge in [0, 0.05) is 37.5 Å². The minimum absolute atomic E-state index is 0.0218. The topological polar surface area (TPSA) is 115 Å². The van der Waals surface area contributed by atoms with Crippen LogP contribution in [-0.4, -0.2) is 62.6 Å². The second-order valence-corrected chi connectivity index (χ2v) is 7.38. The Kier molecular flexibility index (Phi) is 6.60. The van der Waals surface area contributed by atoms with Crippen molar-refractivity contribution < 1.29 is 14.5 Å². The highest BCUT2D eigenvalue weighted by Gasteiger charge is 2.17. The van der Waals surface area contributed by atoms with E-state index < -0.39 is 4.92 Å². The minimum Gasteiger partial charge on any atom is -0.379 e. The number of aryl methyl sites for hydroxylation is 1. The Bertz CT molecular complexity index is 865. The molecule has 11 heteroatoms. The summed E-state index contributed by atoms with van der Waals surface area (Å²) in [5.74, 6) is 0.699. The number of nitro benzene ring substituents is 1. The lowest BCUT2D eigenvalue weighted by Gasteiger charge is -2.25. The lowest BCUT2D eigenvalue weighted by molar-refractivity contribution is -0.385. The minimum atomic E-state index is -0.463. The number of benzene rings is 1. The van der Waals surface area contributed by atoms with Gasteiger partial charge in [0.15, 0.2) is 5.16 Å². The Hall–Kier alpha value is -2.50. The number of aromatic nitrogens is 3. The van der Waals surface area contributed by atoms with Crippen LogP contribution in [0.3, 0.4) is 0 Å². The molecule has 0 bridgehead atoms. The van der Waals surface area contributed by atoms with Gasteiger partial charge < -0.3 is 14.6 Å². The normalized spacial score (nSPS) is 14.8. The maximum atomic E-state index is 12.2. The summed E-state index contributed by atoms with van der Waals surface area (Å²) in [6, 6.07) is 4.62. The molecular formula is C17H22N6O4S. The predicted molar refractivity (Wildman–Crippen MR) is 104 cm³/mol. The van der Waals surface area contributed by atoms with Crippen molar-refractivity contribution in [2.24, 2.45) is 7.05 Å². The zero-order chi connectivity index (χ0) is 20.1. The standard InChI is InChI=1S/C17H22N6O4S/c1-12-3-4-13(9-14(12)23(25)26)18-16(24)11-28-17-20-19-15(21(17)2)10-22-5-7-27-8-6-22/h3-4,9H,5-8,10-11H2,1-2H3,(H,18,24). The van der Waals surface area contributed by atoms with E-state index in [0.717, 1.165) is 32.1 Å². The number of thioether (sulfide) groups is 1. The highest BCUT2D eigenvalue weighted by molar-refractivity contribution is 7.99. The highest BCUT2D eigenvalue weighted by atomic mass is 32.2. The molecule has 0 saturated carbocycles. The van der Waals surface area contributed by atoms with Crippen molar-refractivity contribution in [2.45, 2.75) is 18.6 Å². The third-order valence-electron chi connectivity index (χ3n) is 4.42. The molecule has 150 valence electrons. The molecule has 10 nitrogen and oxygen atoms in total. The number of nitrogens with one attached hydrogen (secondary N) is 1. The molecule has 1 aliphatic heterocycles. The van der Waals surface area contributed by atoms with Crippen molar-refractivity contribution in [3.05, 3.63) is 39.7 Å². The molecule has 28 heavy (non-hydrogen) atoms. The van der Waals surface area contributed by atoms with Gasteiger partial charge in [-0.15, -0.1) is 10.2 Å². The monoisotopic (exact) mass is 406 g/mol. The molecule has 0 aliphatic carbocycles. The van der Waals surface area contributed by atoms with Crippen molar-refractivity contribution >= 4 is 29.0 Å². The maximum absolute atomic E-state index is 12.2. The molecule has 1 fully saturated rings. The first-order valence-corrected chi connectivity index (χ1v) is 9.78. The maximum Gasteiger partial charge on any atom is 0.274 e. The number of hydrogen-bond acceptors (Lipinski definition) is 8. The Morgan fingerprint density at radius 1 is 1.36 bits per heavy atom. The van der Waals surface area contributed by atoms with Gasteiger partial charge in [-0.3, -0.25) is 19.8 Å². The largest absolute Gasteiger partial charge is 0.379 e. The van der Waals surface area contributed by atoms with Gasteiger partial charge in [-0.25, -0.2) is 0 Å². The molecule has 2 heterocycles.